The monoisotopic (exact) mass is 255 g/mol. The van der Waals surface area contributed by atoms with Crippen molar-refractivity contribution in [2.45, 2.75) is 37.9 Å². The molecule has 0 bridgehead atoms. The minimum Gasteiger partial charge on any atom is -0.390 e. The van der Waals surface area contributed by atoms with Crippen LogP contribution in [0.15, 0.2) is 18.2 Å². The van der Waals surface area contributed by atoms with Crippen molar-refractivity contribution >= 4 is 0 Å². The smallest absolute Gasteiger partial charge is 0.126 e. The normalized spacial score (nSPS) is 13.9. The number of halogens is 2. The molecule has 2 atom stereocenters. The zero-order valence-corrected chi connectivity index (χ0v) is 9.81. The second-order valence-corrected chi connectivity index (χ2v) is 4.15. The molecule has 0 saturated carbocycles. The number of hydrogen-bond acceptors (Lipinski definition) is 3. The van der Waals surface area contributed by atoms with E-state index in [1.165, 1.54) is 12.1 Å². The van der Waals surface area contributed by atoms with Crippen LogP contribution in [0.5, 0.6) is 0 Å². The highest BCUT2D eigenvalue weighted by atomic mass is 19.1. The van der Waals surface area contributed by atoms with Gasteiger partial charge in [-0.15, -0.1) is 0 Å². The van der Waals surface area contributed by atoms with Gasteiger partial charge >= 0.3 is 0 Å². The number of hydrogen-bond donors (Lipinski definition) is 2. The van der Waals surface area contributed by atoms with Crippen molar-refractivity contribution in [3.63, 3.8) is 0 Å². The maximum Gasteiger partial charge on any atom is 0.126 e. The fourth-order valence-electron chi connectivity index (χ4n) is 1.67. The molecule has 1 rings (SSSR count). The van der Waals surface area contributed by atoms with Crippen molar-refractivity contribution < 1.29 is 19.0 Å². The first-order chi connectivity index (χ1) is 8.52. The van der Waals surface area contributed by atoms with Gasteiger partial charge in [-0.1, -0.05) is 0 Å². The molecule has 5 heteroatoms. The van der Waals surface area contributed by atoms with Crippen LogP contribution >= 0.6 is 0 Å². The van der Waals surface area contributed by atoms with E-state index in [1.807, 2.05) is 6.07 Å². The van der Waals surface area contributed by atoms with Crippen LogP contribution in [0.3, 0.4) is 0 Å². The molecule has 0 amide bonds. The zero-order chi connectivity index (χ0) is 13.5. The summed E-state index contributed by atoms with van der Waals surface area (Å²) in [5, 5.41) is 27.4. The Bertz CT molecular complexity index is 411. The summed E-state index contributed by atoms with van der Waals surface area (Å²) in [6.45, 7) is 0. The third-order valence-corrected chi connectivity index (χ3v) is 2.65. The van der Waals surface area contributed by atoms with Crippen molar-refractivity contribution in [1.29, 1.82) is 5.26 Å². The first-order valence-corrected chi connectivity index (χ1v) is 5.71. The summed E-state index contributed by atoms with van der Waals surface area (Å²) in [5.74, 6) is -1.32. The lowest BCUT2D eigenvalue weighted by molar-refractivity contribution is 0.0110. The Morgan fingerprint density at radius 1 is 1.06 bits per heavy atom. The van der Waals surface area contributed by atoms with Crippen molar-refractivity contribution in [3.05, 3.63) is 35.4 Å². The lowest BCUT2D eigenvalue weighted by atomic mass is 10.0. The summed E-state index contributed by atoms with van der Waals surface area (Å²) >= 11 is 0. The van der Waals surface area contributed by atoms with Gasteiger partial charge in [0, 0.05) is 12.5 Å². The van der Waals surface area contributed by atoms with E-state index in [1.54, 1.807) is 0 Å². The summed E-state index contributed by atoms with van der Waals surface area (Å²) in [4.78, 5) is 0. The van der Waals surface area contributed by atoms with Gasteiger partial charge in [-0.2, -0.15) is 5.26 Å². The number of nitrogens with zero attached hydrogens (tertiary/aromatic N) is 1. The van der Waals surface area contributed by atoms with E-state index in [0.717, 1.165) is 6.07 Å². The Balaban J connectivity index is 2.47. The first-order valence-electron chi connectivity index (χ1n) is 5.71. The highest BCUT2D eigenvalue weighted by Gasteiger charge is 2.15. The van der Waals surface area contributed by atoms with Gasteiger partial charge in [0.15, 0.2) is 0 Å². The Hall–Kier alpha value is -1.51. The highest BCUT2D eigenvalue weighted by Crippen LogP contribution is 2.13. The second-order valence-electron chi connectivity index (χ2n) is 4.15. The van der Waals surface area contributed by atoms with Crippen LogP contribution in [0.4, 0.5) is 8.78 Å². The van der Waals surface area contributed by atoms with E-state index >= 15 is 0 Å². The van der Waals surface area contributed by atoms with Crippen LogP contribution < -0.4 is 0 Å². The molecule has 0 saturated heterocycles. The molecule has 0 aromatic heterocycles. The van der Waals surface area contributed by atoms with Crippen molar-refractivity contribution in [2.75, 3.05) is 0 Å². The van der Waals surface area contributed by atoms with E-state index in [-0.39, 0.29) is 25.7 Å². The zero-order valence-electron chi connectivity index (χ0n) is 9.81. The fourth-order valence-corrected chi connectivity index (χ4v) is 1.67. The number of nitriles is 1. The lowest BCUT2D eigenvalue weighted by Crippen LogP contribution is -2.26. The van der Waals surface area contributed by atoms with Crippen molar-refractivity contribution in [3.8, 4) is 6.07 Å². The summed E-state index contributed by atoms with van der Waals surface area (Å²) in [6, 6.07) is 5.04. The van der Waals surface area contributed by atoms with Crippen LogP contribution in [0.2, 0.25) is 0 Å². The van der Waals surface area contributed by atoms with Gasteiger partial charge in [0.05, 0.1) is 18.3 Å². The van der Waals surface area contributed by atoms with Gasteiger partial charge in [-0.3, -0.25) is 0 Å². The molecular weight excluding hydrogens is 240 g/mol. The van der Waals surface area contributed by atoms with Crippen LogP contribution in [0, 0.1) is 23.0 Å². The maximum atomic E-state index is 12.9. The Labute approximate surface area is 104 Å². The summed E-state index contributed by atoms with van der Waals surface area (Å²) < 4.78 is 25.8. The molecule has 3 nitrogen and oxygen atoms in total. The molecule has 0 spiro atoms. The molecule has 0 aliphatic heterocycles. The van der Waals surface area contributed by atoms with Gasteiger partial charge < -0.3 is 10.2 Å². The first kappa shape index (κ1) is 14.6. The van der Waals surface area contributed by atoms with Gasteiger partial charge in [0.2, 0.25) is 0 Å². The van der Waals surface area contributed by atoms with Gasteiger partial charge in [0.1, 0.15) is 11.6 Å². The molecule has 0 heterocycles. The third kappa shape index (κ3) is 4.78. The predicted octanol–water partition coefficient (Wildman–Crippen LogP) is 1.92. The van der Waals surface area contributed by atoms with Crippen molar-refractivity contribution in [1.82, 2.24) is 0 Å². The average molecular weight is 255 g/mol. The van der Waals surface area contributed by atoms with E-state index in [2.05, 4.69) is 0 Å². The molecule has 18 heavy (non-hydrogen) atoms. The molecule has 2 N–H and O–H groups in total. The number of benzene rings is 1. The Kier molecular flexibility index (Phi) is 5.69. The molecule has 98 valence electrons. The Morgan fingerprint density at radius 3 is 2.17 bits per heavy atom. The molecular formula is C13H15F2NO2. The van der Waals surface area contributed by atoms with Gasteiger partial charge in [-0.05, 0) is 37.0 Å². The quantitative estimate of drug-likeness (QED) is 0.816. The molecule has 1 aromatic carbocycles. The molecule has 0 aliphatic carbocycles. The number of aliphatic hydroxyl groups excluding tert-OH is 2. The van der Waals surface area contributed by atoms with E-state index in [9.17, 15) is 19.0 Å². The van der Waals surface area contributed by atoms with Crippen LogP contribution in [-0.2, 0) is 6.42 Å². The van der Waals surface area contributed by atoms with Crippen molar-refractivity contribution in [2.24, 2.45) is 0 Å². The maximum absolute atomic E-state index is 12.9. The predicted molar refractivity (Wildman–Crippen MR) is 61.5 cm³/mol. The average Bonchev–Trinajstić information content (AvgIpc) is 2.31. The van der Waals surface area contributed by atoms with Crippen LogP contribution in [0.25, 0.3) is 0 Å². The van der Waals surface area contributed by atoms with Crippen LogP contribution in [0.1, 0.15) is 24.8 Å². The van der Waals surface area contributed by atoms with Gasteiger partial charge in [0.25, 0.3) is 0 Å². The number of aryl methyl sites for hydroxylation is 1. The molecule has 0 unspecified atom stereocenters. The van der Waals surface area contributed by atoms with E-state index in [4.69, 9.17) is 5.26 Å². The molecule has 0 fully saturated rings. The summed E-state index contributed by atoms with van der Waals surface area (Å²) in [6.07, 6.45) is -1.18. The van der Waals surface area contributed by atoms with Gasteiger partial charge in [-0.25, -0.2) is 8.78 Å². The number of aliphatic hydroxyl groups is 2. The summed E-state index contributed by atoms with van der Waals surface area (Å²) in [7, 11) is 0. The molecule has 0 radical (unpaired) electrons. The minimum absolute atomic E-state index is 0.160. The van der Waals surface area contributed by atoms with E-state index in [0.29, 0.717) is 5.56 Å². The minimum atomic E-state index is -0.996. The lowest BCUT2D eigenvalue weighted by Gasteiger charge is -2.16. The molecule has 0 aliphatic rings. The number of rotatable bonds is 6. The second kappa shape index (κ2) is 7.04. The standard InChI is InChI=1S/C13H15F2NO2/c14-10-6-9(7-11(15)8-10)3-4-13(18)12(17)2-1-5-16/h6-8,12-13,17-18H,1-4H2/t12-,13-/m1/s1. The highest BCUT2D eigenvalue weighted by molar-refractivity contribution is 5.18. The Morgan fingerprint density at radius 2 is 1.61 bits per heavy atom. The SMILES string of the molecule is N#CCC[C@@H](O)[C@H](O)CCc1cc(F)cc(F)c1. The summed E-state index contributed by atoms with van der Waals surface area (Å²) in [5.41, 5.74) is 0.430. The fraction of sp³-hybridized carbons (Fsp3) is 0.462. The van der Waals surface area contributed by atoms with Crippen LogP contribution in [-0.4, -0.2) is 22.4 Å². The topological polar surface area (TPSA) is 64.2 Å². The van der Waals surface area contributed by atoms with E-state index < -0.39 is 23.8 Å². The third-order valence-electron chi connectivity index (χ3n) is 2.65. The largest absolute Gasteiger partial charge is 0.390 e. The molecule has 1 aromatic rings.